The molecule has 2 aliphatic rings. The fourth-order valence-corrected chi connectivity index (χ4v) is 4.19. The van der Waals surface area contributed by atoms with E-state index in [1.54, 1.807) is 7.11 Å². The van der Waals surface area contributed by atoms with Crippen LogP contribution in [-0.4, -0.2) is 53.8 Å². The van der Waals surface area contributed by atoms with Gasteiger partial charge >= 0.3 is 0 Å². The van der Waals surface area contributed by atoms with Crippen molar-refractivity contribution in [1.82, 2.24) is 14.9 Å². The Morgan fingerprint density at radius 3 is 2.75 bits per heavy atom. The van der Waals surface area contributed by atoms with Gasteiger partial charge in [-0.25, -0.2) is 4.98 Å². The molecule has 1 saturated heterocycles. The number of H-pyrrole nitrogens is 1. The molecule has 1 fully saturated rings. The highest BCUT2D eigenvalue weighted by Crippen LogP contribution is 2.24. The molecule has 0 spiro atoms. The standard InChI is InChI=1S/C21H28N4O3/c1-14-10-25(11-15(2)28-14)21-22-18-13-24(9-8-17(18)20(26)23-21)12-16-6-4-5-7-19(16)27-3/h4-7,14-15H,8-13H2,1-3H3,(H,22,23,26)/t14-,15-/m0/s1. The second kappa shape index (κ2) is 7.93. The van der Waals surface area contributed by atoms with E-state index in [1.165, 1.54) is 0 Å². The van der Waals surface area contributed by atoms with Gasteiger partial charge in [-0.05, 0) is 26.3 Å². The molecular formula is C21H28N4O3. The summed E-state index contributed by atoms with van der Waals surface area (Å²) in [6, 6.07) is 8.07. The molecule has 7 heteroatoms. The van der Waals surface area contributed by atoms with Crippen LogP contribution in [0.15, 0.2) is 29.1 Å². The minimum Gasteiger partial charge on any atom is -0.496 e. The lowest BCUT2D eigenvalue weighted by molar-refractivity contribution is -0.00576. The normalized spacial score (nSPS) is 22.8. The lowest BCUT2D eigenvalue weighted by Crippen LogP contribution is -2.47. The van der Waals surface area contributed by atoms with Crippen LogP contribution in [0.3, 0.4) is 0 Å². The first-order valence-electron chi connectivity index (χ1n) is 9.90. The predicted octanol–water partition coefficient (Wildman–Crippen LogP) is 1.95. The molecule has 7 nitrogen and oxygen atoms in total. The topological polar surface area (TPSA) is 70.7 Å². The summed E-state index contributed by atoms with van der Waals surface area (Å²) in [7, 11) is 1.70. The van der Waals surface area contributed by atoms with Crippen molar-refractivity contribution in [2.24, 2.45) is 0 Å². The summed E-state index contributed by atoms with van der Waals surface area (Å²) >= 11 is 0. The molecule has 1 aromatic heterocycles. The number of methoxy groups -OCH3 is 1. The number of morpholine rings is 1. The molecule has 2 aromatic rings. The van der Waals surface area contributed by atoms with E-state index in [9.17, 15) is 4.79 Å². The third kappa shape index (κ3) is 3.91. The highest BCUT2D eigenvalue weighted by molar-refractivity contribution is 5.36. The molecule has 0 radical (unpaired) electrons. The molecule has 150 valence electrons. The summed E-state index contributed by atoms with van der Waals surface area (Å²) in [5.41, 5.74) is 2.83. The van der Waals surface area contributed by atoms with Crippen LogP contribution in [0.25, 0.3) is 0 Å². The number of aromatic amines is 1. The first kappa shape index (κ1) is 19.0. The average molecular weight is 384 g/mol. The molecule has 2 aliphatic heterocycles. The Hall–Kier alpha value is -2.38. The first-order chi connectivity index (χ1) is 13.5. The zero-order valence-electron chi connectivity index (χ0n) is 16.8. The fourth-order valence-electron chi connectivity index (χ4n) is 4.19. The molecule has 0 bridgehead atoms. The number of nitrogens with one attached hydrogen (secondary N) is 1. The van der Waals surface area contributed by atoms with E-state index in [0.29, 0.717) is 18.9 Å². The fraction of sp³-hybridized carbons (Fsp3) is 0.524. The number of benzene rings is 1. The molecule has 2 atom stereocenters. The maximum Gasteiger partial charge on any atom is 0.255 e. The summed E-state index contributed by atoms with van der Waals surface area (Å²) < 4.78 is 11.3. The number of aromatic nitrogens is 2. The van der Waals surface area contributed by atoms with E-state index in [-0.39, 0.29) is 17.8 Å². The van der Waals surface area contributed by atoms with Crippen LogP contribution in [-0.2, 0) is 24.2 Å². The van der Waals surface area contributed by atoms with Gasteiger partial charge < -0.3 is 14.4 Å². The number of rotatable bonds is 4. The molecule has 4 rings (SSSR count). The summed E-state index contributed by atoms with van der Waals surface area (Å²) in [5.74, 6) is 1.55. The Morgan fingerprint density at radius 2 is 2.00 bits per heavy atom. The van der Waals surface area contributed by atoms with Gasteiger partial charge in [0.1, 0.15) is 5.75 Å². The van der Waals surface area contributed by atoms with Crippen LogP contribution in [0.4, 0.5) is 5.95 Å². The number of anilines is 1. The zero-order valence-corrected chi connectivity index (χ0v) is 16.8. The van der Waals surface area contributed by atoms with Crippen LogP contribution in [0, 0.1) is 0 Å². The van der Waals surface area contributed by atoms with E-state index in [4.69, 9.17) is 14.5 Å². The Bertz CT molecular complexity index is 887. The van der Waals surface area contributed by atoms with Gasteiger partial charge in [0.2, 0.25) is 5.95 Å². The molecule has 28 heavy (non-hydrogen) atoms. The summed E-state index contributed by atoms with van der Waals surface area (Å²) in [5, 5.41) is 0. The smallest absolute Gasteiger partial charge is 0.255 e. The SMILES string of the molecule is COc1ccccc1CN1CCc2c(nc(N3C[C@H](C)O[C@@H](C)C3)[nH]c2=O)C1. The van der Waals surface area contributed by atoms with Gasteiger partial charge in [0.15, 0.2) is 0 Å². The van der Waals surface area contributed by atoms with Gasteiger partial charge in [-0.15, -0.1) is 0 Å². The highest BCUT2D eigenvalue weighted by atomic mass is 16.5. The Labute approximate surface area is 165 Å². The van der Waals surface area contributed by atoms with E-state index in [0.717, 1.165) is 48.7 Å². The lowest BCUT2D eigenvalue weighted by atomic mass is 10.1. The minimum absolute atomic E-state index is 0.0104. The number of ether oxygens (including phenoxy) is 2. The monoisotopic (exact) mass is 384 g/mol. The highest BCUT2D eigenvalue weighted by Gasteiger charge is 2.27. The Morgan fingerprint density at radius 1 is 1.25 bits per heavy atom. The summed E-state index contributed by atoms with van der Waals surface area (Å²) in [6.07, 6.45) is 0.947. The predicted molar refractivity (Wildman–Crippen MR) is 108 cm³/mol. The van der Waals surface area contributed by atoms with Crippen molar-refractivity contribution >= 4 is 5.95 Å². The zero-order chi connectivity index (χ0) is 19.7. The van der Waals surface area contributed by atoms with Crippen molar-refractivity contribution in [3.05, 3.63) is 51.4 Å². The third-order valence-corrected chi connectivity index (χ3v) is 5.45. The molecule has 0 aliphatic carbocycles. The maximum absolute atomic E-state index is 12.7. The molecule has 0 unspecified atom stereocenters. The molecule has 3 heterocycles. The van der Waals surface area contributed by atoms with Crippen molar-refractivity contribution in [2.45, 2.75) is 45.6 Å². The second-order valence-corrected chi connectivity index (χ2v) is 7.75. The largest absolute Gasteiger partial charge is 0.496 e. The molecule has 1 aromatic carbocycles. The van der Waals surface area contributed by atoms with E-state index in [1.807, 2.05) is 32.0 Å². The van der Waals surface area contributed by atoms with E-state index in [2.05, 4.69) is 20.9 Å². The van der Waals surface area contributed by atoms with Gasteiger partial charge in [0.25, 0.3) is 5.56 Å². The first-order valence-corrected chi connectivity index (χ1v) is 9.90. The van der Waals surface area contributed by atoms with Gasteiger partial charge in [0.05, 0.1) is 25.0 Å². The number of hydrogen-bond acceptors (Lipinski definition) is 6. The van der Waals surface area contributed by atoms with E-state index < -0.39 is 0 Å². The van der Waals surface area contributed by atoms with Crippen molar-refractivity contribution in [3.63, 3.8) is 0 Å². The maximum atomic E-state index is 12.7. The molecule has 1 N–H and O–H groups in total. The number of para-hydroxylation sites is 1. The molecular weight excluding hydrogens is 356 g/mol. The van der Waals surface area contributed by atoms with Crippen LogP contribution < -0.4 is 15.2 Å². The lowest BCUT2D eigenvalue weighted by Gasteiger charge is -2.36. The Kier molecular flexibility index (Phi) is 5.37. The van der Waals surface area contributed by atoms with Crippen LogP contribution in [0.2, 0.25) is 0 Å². The number of hydrogen-bond donors (Lipinski definition) is 1. The Balaban J connectivity index is 1.56. The van der Waals surface area contributed by atoms with Crippen LogP contribution in [0.5, 0.6) is 5.75 Å². The minimum atomic E-state index is -0.0104. The third-order valence-electron chi connectivity index (χ3n) is 5.45. The molecule has 0 amide bonds. The van der Waals surface area contributed by atoms with Crippen molar-refractivity contribution in [3.8, 4) is 5.75 Å². The number of nitrogens with zero attached hydrogens (tertiary/aromatic N) is 3. The number of fused-ring (bicyclic) bond motifs is 1. The average Bonchev–Trinajstić information content (AvgIpc) is 2.67. The van der Waals surface area contributed by atoms with Gasteiger partial charge in [-0.2, -0.15) is 0 Å². The van der Waals surface area contributed by atoms with Gasteiger partial charge in [-0.3, -0.25) is 14.7 Å². The summed E-state index contributed by atoms with van der Waals surface area (Å²) in [6.45, 7) is 7.84. The quantitative estimate of drug-likeness (QED) is 0.869. The van der Waals surface area contributed by atoms with Crippen molar-refractivity contribution < 1.29 is 9.47 Å². The summed E-state index contributed by atoms with van der Waals surface area (Å²) in [4.78, 5) is 24.9. The molecule has 0 saturated carbocycles. The van der Waals surface area contributed by atoms with Crippen LogP contribution in [0.1, 0.15) is 30.7 Å². The van der Waals surface area contributed by atoms with Crippen LogP contribution >= 0.6 is 0 Å². The van der Waals surface area contributed by atoms with Crippen molar-refractivity contribution in [1.29, 1.82) is 0 Å². The van der Waals surface area contributed by atoms with Crippen molar-refractivity contribution in [2.75, 3.05) is 31.6 Å². The van der Waals surface area contributed by atoms with E-state index >= 15 is 0 Å². The van der Waals surface area contributed by atoms with Gasteiger partial charge in [-0.1, -0.05) is 18.2 Å². The second-order valence-electron chi connectivity index (χ2n) is 7.75. The van der Waals surface area contributed by atoms with Gasteiger partial charge in [0, 0.05) is 43.9 Å².